The lowest BCUT2D eigenvalue weighted by atomic mass is 10.5. The maximum Gasteiger partial charge on any atom is 0.372 e. The molecule has 0 aliphatic rings. The highest BCUT2D eigenvalue weighted by Gasteiger charge is 1.90. The molecule has 4 heteroatoms. The highest BCUT2D eigenvalue weighted by molar-refractivity contribution is 9.09. The molecule has 8 heavy (non-hydrogen) atoms. The molecule has 0 aromatic rings. The number of allylic oxidation sites excluding steroid dienone is 1. The number of halogens is 2. The smallest absolute Gasteiger partial charge is 0.250 e. The lowest BCUT2D eigenvalue weighted by Gasteiger charge is -1.78. The second kappa shape index (κ2) is 4.77. The largest absolute Gasteiger partial charge is 0.372 e. The first-order valence-corrected chi connectivity index (χ1v) is 2.98. The Bertz CT molecular complexity index is 102. The Morgan fingerprint density at radius 1 is 1.88 bits per heavy atom. The molecule has 2 nitrogen and oxygen atoms in total. The summed E-state index contributed by atoms with van der Waals surface area (Å²) in [7, 11) is 0. The van der Waals surface area contributed by atoms with Gasteiger partial charge in [-0.2, -0.15) is 0 Å². The van der Waals surface area contributed by atoms with Gasteiger partial charge in [-0.05, 0) is 0 Å². The average Bonchev–Trinajstić information content (AvgIpc) is 1.83. The van der Waals surface area contributed by atoms with Crippen LogP contribution in [-0.2, 0) is 9.74 Å². The number of carbonyl (C=O) groups is 1. The Kier molecular flexibility index (Phi) is 4.54. The van der Waals surface area contributed by atoms with Crippen molar-refractivity contribution in [2.24, 2.45) is 0 Å². The molecule has 0 aliphatic carbocycles. The summed E-state index contributed by atoms with van der Waals surface area (Å²) in [6.45, 7) is 0. The third-order valence-electron chi connectivity index (χ3n) is 0.419. The fraction of sp³-hybridized carbons (Fsp3) is 0.250. The minimum absolute atomic E-state index is 0.516. The van der Waals surface area contributed by atoms with Crippen LogP contribution in [0.15, 0.2) is 12.2 Å². The summed E-state index contributed by atoms with van der Waals surface area (Å²) >= 11 is 2.99. The number of carbonyl (C=O) groups excluding carboxylic acids is 1. The van der Waals surface area contributed by atoms with Gasteiger partial charge in [-0.25, -0.2) is 4.79 Å². The normalized spacial score (nSPS) is 9.75. The van der Waals surface area contributed by atoms with Crippen LogP contribution in [0.3, 0.4) is 0 Å². The fourth-order valence-corrected chi connectivity index (χ4v) is 0.353. The highest BCUT2D eigenvalue weighted by atomic mass is 79.9. The Balaban J connectivity index is 3.37. The minimum atomic E-state index is -0.982. The summed E-state index contributed by atoms with van der Waals surface area (Å²) < 4.78 is 10.8. The summed E-state index contributed by atoms with van der Waals surface area (Å²) in [5.74, 6) is -0.982. The summed E-state index contributed by atoms with van der Waals surface area (Å²) in [5.41, 5.74) is 0. The fourth-order valence-electron chi connectivity index (χ4n) is 0.166. The van der Waals surface area contributed by atoms with Crippen molar-refractivity contribution in [2.75, 3.05) is 5.33 Å². The van der Waals surface area contributed by atoms with Gasteiger partial charge in [0.1, 0.15) is 0 Å². The number of hydrogen-bond acceptors (Lipinski definition) is 2. The molecule has 0 rings (SSSR count). The van der Waals surface area contributed by atoms with Crippen LogP contribution in [0.4, 0.5) is 4.53 Å². The van der Waals surface area contributed by atoms with Crippen molar-refractivity contribution in [2.45, 2.75) is 0 Å². The van der Waals surface area contributed by atoms with Crippen molar-refractivity contribution >= 4 is 21.9 Å². The molecule has 46 valence electrons. The molecule has 0 bridgehead atoms. The molecule has 0 fully saturated rings. The van der Waals surface area contributed by atoms with Gasteiger partial charge in [0.05, 0.1) is 0 Å². The zero-order valence-corrected chi connectivity index (χ0v) is 5.52. The molecule has 0 saturated heterocycles. The van der Waals surface area contributed by atoms with Crippen LogP contribution in [0, 0.1) is 0 Å². The van der Waals surface area contributed by atoms with E-state index in [1.807, 2.05) is 0 Å². The van der Waals surface area contributed by atoms with Gasteiger partial charge in [-0.15, -0.1) is 0 Å². The van der Waals surface area contributed by atoms with E-state index in [-0.39, 0.29) is 0 Å². The molecule has 0 atom stereocenters. The maximum atomic E-state index is 10.8. The van der Waals surface area contributed by atoms with Crippen molar-refractivity contribution in [3.05, 3.63) is 12.2 Å². The molecule has 0 aliphatic heterocycles. The average molecular weight is 183 g/mol. The third-order valence-corrected chi connectivity index (χ3v) is 0.793. The van der Waals surface area contributed by atoms with Crippen molar-refractivity contribution in [1.82, 2.24) is 0 Å². The summed E-state index contributed by atoms with van der Waals surface area (Å²) in [6.07, 6.45) is 2.43. The number of alkyl halides is 1. The van der Waals surface area contributed by atoms with Gasteiger partial charge in [-0.1, -0.05) is 22.0 Å². The van der Waals surface area contributed by atoms with Crippen molar-refractivity contribution in [3.63, 3.8) is 0 Å². The molecule has 0 N–H and O–H groups in total. The first kappa shape index (κ1) is 7.62. The van der Waals surface area contributed by atoms with Crippen LogP contribution in [-0.4, -0.2) is 11.3 Å². The van der Waals surface area contributed by atoms with E-state index in [2.05, 4.69) is 20.9 Å². The van der Waals surface area contributed by atoms with Gasteiger partial charge in [-0.3, -0.25) is 4.94 Å². The zero-order chi connectivity index (χ0) is 6.41. The molecule has 0 aromatic heterocycles. The van der Waals surface area contributed by atoms with Gasteiger partial charge < -0.3 is 0 Å². The Morgan fingerprint density at radius 2 is 2.50 bits per heavy atom. The topological polar surface area (TPSA) is 26.3 Å². The summed E-state index contributed by atoms with van der Waals surface area (Å²) in [4.78, 5) is 12.7. The van der Waals surface area contributed by atoms with E-state index in [1.54, 1.807) is 0 Å². The first-order valence-electron chi connectivity index (χ1n) is 1.86. The van der Waals surface area contributed by atoms with Crippen molar-refractivity contribution in [1.29, 1.82) is 0 Å². The predicted molar refractivity (Wildman–Crippen MR) is 30.1 cm³/mol. The molecular formula is C4H4BrFO2. The predicted octanol–water partition coefficient (Wildman–Crippen LogP) is 1.37. The first-order chi connectivity index (χ1) is 3.81. The molecule has 0 radical (unpaired) electrons. The van der Waals surface area contributed by atoms with Crippen LogP contribution in [0.1, 0.15) is 0 Å². The summed E-state index contributed by atoms with van der Waals surface area (Å²) in [6, 6.07) is 0. The van der Waals surface area contributed by atoms with Gasteiger partial charge in [0.2, 0.25) is 0 Å². The zero-order valence-electron chi connectivity index (χ0n) is 3.93. The van der Waals surface area contributed by atoms with E-state index in [0.29, 0.717) is 5.33 Å². The molecular weight excluding hydrogens is 179 g/mol. The minimum Gasteiger partial charge on any atom is -0.250 e. The number of rotatable bonds is 2. The van der Waals surface area contributed by atoms with Gasteiger partial charge >= 0.3 is 5.97 Å². The summed E-state index contributed by atoms with van der Waals surface area (Å²) in [5, 5.41) is 0.516. The van der Waals surface area contributed by atoms with Gasteiger partial charge in [0, 0.05) is 15.9 Å². The third kappa shape index (κ3) is 3.80. The second-order valence-corrected chi connectivity index (χ2v) is 1.60. The molecule has 0 spiro atoms. The molecule has 0 unspecified atom stereocenters. The standard InChI is InChI=1S/C4H4BrFO2/c5-3-1-2-4(7)8-6/h1-2H,3H2/b2-1+. The number of hydrogen-bond donors (Lipinski definition) is 0. The SMILES string of the molecule is O=C(/C=C/CBr)OF. The Hall–Kier alpha value is -0.380. The maximum absolute atomic E-state index is 10.8. The van der Waals surface area contributed by atoms with E-state index in [9.17, 15) is 9.32 Å². The van der Waals surface area contributed by atoms with E-state index >= 15 is 0 Å². The van der Waals surface area contributed by atoms with E-state index in [4.69, 9.17) is 0 Å². The van der Waals surface area contributed by atoms with Gasteiger partial charge in [0.15, 0.2) is 0 Å². The van der Waals surface area contributed by atoms with Gasteiger partial charge in [0.25, 0.3) is 0 Å². The quantitative estimate of drug-likeness (QED) is 0.477. The lowest BCUT2D eigenvalue weighted by molar-refractivity contribution is -0.176. The monoisotopic (exact) mass is 182 g/mol. The lowest BCUT2D eigenvalue weighted by Crippen LogP contribution is -1.89. The van der Waals surface area contributed by atoms with E-state index in [0.717, 1.165) is 6.08 Å². The van der Waals surface area contributed by atoms with Crippen LogP contribution in [0.5, 0.6) is 0 Å². The van der Waals surface area contributed by atoms with Crippen molar-refractivity contribution in [3.8, 4) is 0 Å². The van der Waals surface area contributed by atoms with Crippen LogP contribution in [0.25, 0.3) is 0 Å². The Labute approximate surface area is 54.4 Å². The van der Waals surface area contributed by atoms with Crippen LogP contribution in [0.2, 0.25) is 0 Å². The van der Waals surface area contributed by atoms with E-state index in [1.165, 1.54) is 6.08 Å². The van der Waals surface area contributed by atoms with Crippen LogP contribution < -0.4 is 0 Å². The van der Waals surface area contributed by atoms with Crippen LogP contribution >= 0.6 is 15.9 Å². The van der Waals surface area contributed by atoms with Crippen molar-refractivity contribution < 1.29 is 14.3 Å². The second-order valence-electron chi connectivity index (χ2n) is 0.953. The highest BCUT2D eigenvalue weighted by Crippen LogP contribution is 1.84. The molecule has 0 saturated carbocycles. The van der Waals surface area contributed by atoms with E-state index < -0.39 is 5.97 Å². The molecule has 0 amide bonds. The molecule has 0 aromatic carbocycles. The molecule has 0 heterocycles. The Morgan fingerprint density at radius 3 is 2.88 bits per heavy atom.